The molecule has 0 saturated carbocycles. The second-order valence-electron chi connectivity index (χ2n) is 4.21. The van der Waals surface area contributed by atoms with Gasteiger partial charge in [-0.2, -0.15) is 4.98 Å². The Kier molecular flexibility index (Phi) is 4.84. The van der Waals surface area contributed by atoms with Gasteiger partial charge in [0, 0.05) is 22.1 Å². The van der Waals surface area contributed by atoms with Gasteiger partial charge in [-0.1, -0.05) is 5.11 Å². The molecular weight excluding hydrogens is 303 g/mol. The van der Waals surface area contributed by atoms with Crippen molar-refractivity contribution in [3.63, 3.8) is 0 Å². The molecule has 3 N–H and O–H groups in total. The van der Waals surface area contributed by atoms with Gasteiger partial charge in [-0.05, 0) is 11.6 Å². The molecule has 1 aromatic heterocycles. The van der Waals surface area contributed by atoms with Crippen molar-refractivity contribution in [3.05, 3.63) is 33.2 Å². The number of azide groups is 1. The van der Waals surface area contributed by atoms with E-state index in [1.54, 1.807) is 0 Å². The first-order chi connectivity index (χ1) is 10.0. The van der Waals surface area contributed by atoms with Crippen molar-refractivity contribution >= 4 is 14.1 Å². The highest BCUT2D eigenvalue weighted by molar-refractivity contribution is 7.32. The van der Waals surface area contributed by atoms with Gasteiger partial charge in [-0.3, -0.25) is 4.57 Å². The maximum atomic E-state index is 11.7. The van der Waals surface area contributed by atoms with Crippen molar-refractivity contribution in [2.75, 3.05) is 12.3 Å². The molecule has 1 aliphatic heterocycles. The third kappa shape index (κ3) is 3.75. The summed E-state index contributed by atoms with van der Waals surface area (Å²) in [6, 6.07) is 0.807. The number of hydrogen-bond donors (Lipinski definition) is 2. The molecule has 1 fully saturated rings. The summed E-state index contributed by atoms with van der Waals surface area (Å²) in [6.07, 6.45) is 0.178. The van der Waals surface area contributed by atoms with Crippen LogP contribution in [0.25, 0.3) is 10.4 Å². The molecule has 21 heavy (non-hydrogen) atoms. The normalized spacial score (nSPS) is 25.4. The quantitative estimate of drug-likeness (QED) is 0.344. The summed E-state index contributed by atoms with van der Waals surface area (Å²) in [7, 11) is -2.79. The minimum absolute atomic E-state index is 0.0815. The highest BCUT2D eigenvalue weighted by Crippen LogP contribution is 2.31. The van der Waals surface area contributed by atoms with Crippen LogP contribution in [0.4, 0.5) is 5.82 Å². The Morgan fingerprint density at radius 3 is 3.14 bits per heavy atom. The summed E-state index contributed by atoms with van der Waals surface area (Å²) >= 11 is 0. The summed E-state index contributed by atoms with van der Waals surface area (Å²) < 4.78 is 21.9. The number of nitrogen functional groups attached to an aromatic ring is 1. The first-order valence-electron chi connectivity index (χ1n) is 5.84. The Balaban J connectivity index is 2.17. The van der Waals surface area contributed by atoms with Gasteiger partial charge in [0.25, 0.3) is 0 Å². The molecule has 12 heteroatoms. The van der Waals surface area contributed by atoms with Crippen LogP contribution < -0.4 is 11.4 Å². The molecule has 4 atom stereocenters. The number of anilines is 1. The number of ether oxygens (including phenoxy) is 1. The zero-order valence-corrected chi connectivity index (χ0v) is 11.5. The van der Waals surface area contributed by atoms with E-state index in [0.717, 1.165) is 0 Å². The molecule has 0 aromatic carbocycles. The van der Waals surface area contributed by atoms with Gasteiger partial charge in [-0.15, -0.1) is 9.42 Å². The Morgan fingerprint density at radius 2 is 2.52 bits per heavy atom. The van der Waals surface area contributed by atoms with E-state index in [2.05, 4.69) is 19.5 Å². The SMILES string of the molecule is [N-]=[N+]=N[C@H]1C[C@H](n2ccc(N)nc2=O)O[C@@H]1CO[P+](=O)O. The molecule has 1 aliphatic rings. The number of nitrogens with two attached hydrogens (primary N) is 1. The van der Waals surface area contributed by atoms with Crippen molar-refractivity contribution in [3.8, 4) is 0 Å². The van der Waals surface area contributed by atoms with Crippen LogP contribution in [-0.4, -0.2) is 33.2 Å². The summed E-state index contributed by atoms with van der Waals surface area (Å²) in [5, 5.41) is 3.54. The summed E-state index contributed by atoms with van der Waals surface area (Å²) in [5.41, 5.74) is 13.3. The molecule has 0 radical (unpaired) electrons. The molecule has 0 amide bonds. The minimum Gasteiger partial charge on any atom is -0.383 e. The van der Waals surface area contributed by atoms with Gasteiger partial charge in [0.15, 0.2) is 0 Å². The van der Waals surface area contributed by atoms with Gasteiger partial charge in [0.2, 0.25) is 0 Å². The van der Waals surface area contributed by atoms with E-state index in [-0.39, 0.29) is 18.8 Å². The Bertz CT molecular complexity index is 644. The monoisotopic (exact) mass is 315 g/mol. The molecule has 11 nitrogen and oxygen atoms in total. The third-order valence-electron chi connectivity index (χ3n) is 2.92. The fourth-order valence-corrected chi connectivity index (χ4v) is 2.28. The van der Waals surface area contributed by atoms with Crippen LogP contribution in [0.1, 0.15) is 12.6 Å². The summed E-state index contributed by atoms with van der Waals surface area (Å²) in [6.45, 7) is -0.233. The number of nitrogens with zero attached hydrogens (tertiary/aromatic N) is 5. The molecule has 0 aliphatic carbocycles. The lowest BCUT2D eigenvalue weighted by Crippen LogP contribution is -2.28. The third-order valence-corrected chi connectivity index (χ3v) is 3.29. The van der Waals surface area contributed by atoms with Crippen LogP contribution in [0.15, 0.2) is 22.2 Å². The maximum absolute atomic E-state index is 11.7. The second kappa shape index (κ2) is 6.61. The first kappa shape index (κ1) is 15.4. The lowest BCUT2D eigenvalue weighted by Gasteiger charge is -2.14. The molecule has 0 spiro atoms. The van der Waals surface area contributed by atoms with Gasteiger partial charge in [0.1, 0.15) is 18.7 Å². The molecule has 2 heterocycles. The topological polar surface area (TPSA) is 165 Å². The summed E-state index contributed by atoms with van der Waals surface area (Å²) in [4.78, 5) is 26.6. The largest absolute Gasteiger partial charge is 0.694 e. The van der Waals surface area contributed by atoms with Crippen molar-refractivity contribution in [2.24, 2.45) is 5.11 Å². The highest BCUT2D eigenvalue weighted by Gasteiger charge is 2.38. The van der Waals surface area contributed by atoms with Crippen LogP contribution in [0.3, 0.4) is 0 Å². The number of hydrogen-bond acceptors (Lipinski definition) is 7. The van der Waals surface area contributed by atoms with Gasteiger partial charge >= 0.3 is 13.9 Å². The lowest BCUT2D eigenvalue weighted by molar-refractivity contribution is -0.0226. The smallest absolute Gasteiger partial charge is 0.383 e. The average molecular weight is 315 g/mol. The van der Waals surface area contributed by atoms with Gasteiger partial charge in [0.05, 0.1) is 12.1 Å². The average Bonchev–Trinajstić information content (AvgIpc) is 2.80. The summed E-state index contributed by atoms with van der Waals surface area (Å²) in [5.74, 6) is 0.0815. The Labute approximate surface area is 118 Å². The minimum atomic E-state index is -2.79. The van der Waals surface area contributed by atoms with E-state index >= 15 is 0 Å². The standard InChI is InChI=1S/C9H11N6O5P/c10-7-1-2-15(9(16)12-7)8-3-5(13-14-11)6(20-8)4-19-21(17)18/h1-2,5-6,8H,3-4H2,(H2-,10,12,16,17,18)/p+1/t5-,6+,8+/m0/s1. The van der Waals surface area contributed by atoms with Gasteiger partial charge in [-0.25, -0.2) is 4.79 Å². The fraction of sp³-hybridized carbons (Fsp3) is 0.556. The maximum Gasteiger partial charge on any atom is 0.694 e. The van der Waals surface area contributed by atoms with Crippen LogP contribution in [-0.2, 0) is 13.8 Å². The molecule has 1 unspecified atom stereocenters. The van der Waals surface area contributed by atoms with Crippen molar-refractivity contribution < 1.29 is 18.7 Å². The Hall–Kier alpha value is -2.03. The predicted octanol–water partition coefficient (Wildman–Crippen LogP) is 0.458. The van der Waals surface area contributed by atoms with Crippen molar-refractivity contribution in [1.29, 1.82) is 0 Å². The van der Waals surface area contributed by atoms with Crippen molar-refractivity contribution in [1.82, 2.24) is 9.55 Å². The molecule has 0 bridgehead atoms. The van der Waals surface area contributed by atoms with E-state index in [1.807, 2.05) is 0 Å². The number of rotatable bonds is 5. The van der Waals surface area contributed by atoms with E-state index in [9.17, 15) is 9.36 Å². The molecular formula is C9H12N6O5P+. The molecule has 1 saturated heterocycles. The highest BCUT2D eigenvalue weighted by atomic mass is 31.1. The van der Waals surface area contributed by atoms with E-state index in [1.165, 1.54) is 16.8 Å². The van der Waals surface area contributed by atoms with Crippen LogP contribution in [0, 0.1) is 0 Å². The second-order valence-corrected chi connectivity index (χ2v) is 4.95. The zero-order valence-electron chi connectivity index (χ0n) is 10.6. The molecule has 2 rings (SSSR count). The number of aromatic nitrogens is 2. The van der Waals surface area contributed by atoms with Crippen molar-refractivity contribution in [2.45, 2.75) is 24.8 Å². The molecule has 112 valence electrons. The van der Waals surface area contributed by atoms with Crippen LogP contribution >= 0.6 is 8.25 Å². The zero-order chi connectivity index (χ0) is 15.4. The van der Waals surface area contributed by atoms with E-state index in [0.29, 0.717) is 0 Å². The Morgan fingerprint density at radius 1 is 1.76 bits per heavy atom. The lowest BCUT2D eigenvalue weighted by atomic mass is 10.1. The predicted molar refractivity (Wildman–Crippen MR) is 70.1 cm³/mol. The van der Waals surface area contributed by atoms with E-state index in [4.69, 9.17) is 20.9 Å². The molecule has 1 aromatic rings. The fourth-order valence-electron chi connectivity index (χ4n) is 2.01. The van der Waals surface area contributed by atoms with Crippen LogP contribution in [0.5, 0.6) is 0 Å². The van der Waals surface area contributed by atoms with Crippen LogP contribution in [0.2, 0.25) is 0 Å². The first-order valence-corrected chi connectivity index (χ1v) is 6.97. The van der Waals surface area contributed by atoms with E-state index < -0.39 is 32.3 Å². The van der Waals surface area contributed by atoms with Gasteiger partial charge < -0.3 is 10.5 Å².